The van der Waals surface area contributed by atoms with Crippen LogP contribution in [-0.4, -0.2) is 54.6 Å². The van der Waals surface area contributed by atoms with Crippen molar-refractivity contribution >= 4 is 47.4 Å². The van der Waals surface area contributed by atoms with Crippen molar-refractivity contribution in [2.24, 2.45) is 4.99 Å². The van der Waals surface area contributed by atoms with Gasteiger partial charge in [-0.1, -0.05) is 28.9 Å². The van der Waals surface area contributed by atoms with Gasteiger partial charge in [-0.3, -0.25) is 9.79 Å². The summed E-state index contributed by atoms with van der Waals surface area (Å²) >= 11 is 5.91. The number of hydrogen-bond acceptors (Lipinski definition) is 5. The molecule has 1 amide bonds. The molecule has 170 valence electrons. The number of nitrogens with zero attached hydrogens (tertiary/aromatic N) is 4. The molecule has 3 aromatic rings. The van der Waals surface area contributed by atoms with E-state index in [0.717, 1.165) is 11.1 Å². The number of carbonyl (C=O) groups excluding carboxylic acids is 1. The molecule has 32 heavy (non-hydrogen) atoms. The summed E-state index contributed by atoms with van der Waals surface area (Å²) in [7, 11) is 5.18. The van der Waals surface area contributed by atoms with Gasteiger partial charge >= 0.3 is 0 Å². The standard InChI is InChI=1S/C22H25ClN6O2.HI/c1-24-22(26-14-15-4-6-17(7-5-15)21(30)29(2)3)25-13-12-19-27-20(28-31-19)16-8-10-18(23)11-9-16;/h4-11H,12-14H2,1-3H3,(H2,24,25,26);1H. The van der Waals surface area contributed by atoms with E-state index in [2.05, 4.69) is 25.8 Å². The summed E-state index contributed by atoms with van der Waals surface area (Å²) in [5, 5.41) is 11.1. The number of aliphatic imine (C=N–C) groups is 1. The Bertz CT molecular complexity index is 1040. The Morgan fingerprint density at radius 2 is 1.78 bits per heavy atom. The Morgan fingerprint density at radius 1 is 1.09 bits per heavy atom. The molecule has 0 bridgehead atoms. The summed E-state index contributed by atoms with van der Waals surface area (Å²) in [5.74, 6) is 1.71. The summed E-state index contributed by atoms with van der Waals surface area (Å²) in [5.41, 5.74) is 2.56. The Labute approximate surface area is 209 Å². The van der Waals surface area contributed by atoms with Crippen molar-refractivity contribution in [3.8, 4) is 11.4 Å². The van der Waals surface area contributed by atoms with Gasteiger partial charge in [0.1, 0.15) is 0 Å². The molecule has 0 spiro atoms. The van der Waals surface area contributed by atoms with E-state index in [4.69, 9.17) is 16.1 Å². The highest BCUT2D eigenvalue weighted by Crippen LogP contribution is 2.18. The van der Waals surface area contributed by atoms with Crippen molar-refractivity contribution in [1.29, 1.82) is 0 Å². The zero-order valence-corrected chi connectivity index (χ0v) is 21.2. The lowest BCUT2D eigenvalue weighted by molar-refractivity contribution is 0.0827. The maximum atomic E-state index is 12.0. The van der Waals surface area contributed by atoms with E-state index in [1.807, 2.05) is 36.4 Å². The molecule has 0 radical (unpaired) electrons. The first-order chi connectivity index (χ1) is 15.0. The summed E-state index contributed by atoms with van der Waals surface area (Å²) in [6.07, 6.45) is 0.558. The molecular formula is C22H26ClIN6O2. The molecule has 0 aliphatic rings. The summed E-state index contributed by atoms with van der Waals surface area (Å²) in [4.78, 5) is 22.1. The van der Waals surface area contributed by atoms with E-state index in [9.17, 15) is 4.79 Å². The van der Waals surface area contributed by atoms with Crippen LogP contribution in [-0.2, 0) is 13.0 Å². The number of benzene rings is 2. The van der Waals surface area contributed by atoms with E-state index in [1.165, 1.54) is 0 Å². The molecular weight excluding hydrogens is 543 g/mol. The van der Waals surface area contributed by atoms with Gasteiger partial charge in [-0.25, -0.2) is 0 Å². The molecule has 8 nitrogen and oxygen atoms in total. The van der Waals surface area contributed by atoms with Crippen LogP contribution >= 0.6 is 35.6 Å². The van der Waals surface area contributed by atoms with Gasteiger partial charge in [0.2, 0.25) is 11.7 Å². The summed E-state index contributed by atoms with van der Waals surface area (Å²) in [6.45, 7) is 1.16. The molecule has 0 aliphatic heterocycles. The Hall–Kier alpha value is -2.66. The van der Waals surface area contributed by atoms with Gasteiger partial charge in [0.15, 0.2) is 5.96 Å². The lowest BCUT2D eigenvalue weighted by Gasteiger charge is -2.12. The first-order valence-electron chi connectivity index (χ1n) is 9.80. The number of hydrogen-bond donors (Lipinski definition) is 2. The van der Waals surface area contributed by atoms with Gasteiger partial charge in [0, 0.05) is 56.8 Å². The highest BCUT2D eigenvalue weighted by atomic mass is 127. The van der Waals surface area contributed by atoms with Crippen LogP contribution in [0.25, 0.3) is 11.4 Å². The molecule has 1 aromatic heterocycles. The highest BCUT2D eigenvalue weighted by molar-refractivity contribution is 14.0. The second-order valence-corrected chi connectivity index (χ2v) is 7.45. The summed E-state index contributed by atoms with van der Waals surface area (Å²) in [6, 6.07) is 14.8. The molecule has 0 unspecified atom stereocenters. The second kappa shape index (κ2) is 12.4. The van der Waals surface area contributed by atoms with Gasteiger partial charge in [0.05, 0.1) is 0 Å². The van der Waals surface area contributed by atoms with E-state index in [-0.39, 0.29) is 29.9 Å². The van der Waals surface area contributed by atoms with Crippen LogP contribution in [0.1, 0.15) is 21.8 Å². The van der Waals surface area contributed by atoms with E-state index < -0.39 is 0 Å². The number of rotatable bonds is 7. The van der Waals surface area contributed by atoms with Crippen LogP contribution in [0.4, 0.5) is 0 Å². The first kappa shape index (κ1) is 25.6. The third kappa shape index (κ3) is 7.20. The van der Waals surface area contributed by atoms with Crippen LogP contribution in [0.5, 0.6) is 0 Å². The molecule has 2 N–H and O–H groups in total. The molecule has 3 rings (SSSR count). The number of guanidine groups is 1. The fraction of sp³-hybridized carbons (Fsp3) is 0.273. The van der Waals surface area contributed by atoms with E-state index >= 15 is 0 Å². The zero-order chi connectivity index (χ0) is 22.2. The second-order valence-electron chi connectivity index (χ2n) is 7.02. The minimum absolute atomic E-state index is 0. The predicted molar refractivity (Wildman–Crippen MR) is 137 cm³/mol. The molecule has 1 heterocycles. The number of carbonyl (C=O) groups is 1. The fourth-order valence-electron chi connectivity index (χ4n) is 2.79. The minimum atomic E-state index is -0.0165. The Morgan fingerprint density at radius 3 is 2.41 bits per heavy atom. The molecule has 0 atom stereocenters. The van der Waals surface area contributed by atoms with E-state index in [1.54, 1.807) is 38.2 Å². The van der Waals surface area contributed by atoms with Crippen LogP contribution in [0.2, 0.25) is 5.02 Å². The van der Waals surface area contributed by atoms with Crippen molar-refractivity contribution < 1.29 is 9.32 Å². The Balaban J connectivity index is 0.00000363. The topological polar surface area (TPSA) is 95.6 Å². The minimum Gasteiger partial charge on any atom is -0.356 e. The smallest absolute Gasteiger partial charge is 0.253 e. The number of nitrogens with one attached hydrogen (secondary N) is 2. The largest absolute Gasteiger partial charge is 0.356 e. The zero-order valence-electron chi connectivity index (χ0n) is 18.1. The summed E-state index contributed by atoms with van der Waals surface area (Å²) < 4.78 is 5.32. The SMILES string of the molecule is CN=C(NCCc1nc(-c2ccc(Cl)cc2)no1)NCc1ccc(C(=O)N(C)C)cc1.I. The molecule has 0 aliphatic carbocycles. The highest BCUT2D eigenvalue weighted by Gasteiger charge is 2.09. The van der Waals surface area contributed by atoms with Gasteiger partial charge in [-0.05, 0) is 42.0 Å². The van der Waals surface area contributed by atoms with Crippen molar-refractivity contribution in [1.82, 2.24) is 25.7 Å². The van der Waals surface area contributed by atoms with Gasteiger partial charge < -0.3 is 20.1 Å². The van der Waals surface area contributed by atoms with Crippen LogP contribution < -0.4 is 10.6 Å². The normalized spacial score (nSPS) is 10.9. The molecule has 10 heteroatoms. The quantitative estimate of drug-likeness (QED) is 0.257. The predicted octanol–water partition coefficient (Wildman–Crippen LogP) is 3.62. The maximum Gasteiger partial charge on any atom is 0.253 e. The van der Waals surface area contributed by atoms with Crippen molar-refractivity contribution in [2.45, 2.75) is 13.0 Å². The average Bonchev–Trinajstić information content (AvgIpc) is 3.25. The molecule has 2 aromatic carbocycles. The maximum absolute atomic E-state index is 12.0. The number of amides is 1. The Kier molecular flexibility index (Phi) is 9.92. The van der Waals surface area contributed by atoms with Crippen molar-refractivity contribution in [2.75, 3.05) is 27.7 Å². The monoisotopic (exact) mass is 568 g/mol. The fourth-order valence-corrected chi connectivity index (χ4v) is 2.92. The van der Waals surface area contributed by atoms with Crippen LogP contribution in [0.15, 0.2) is 58.0 Å². The van der Waals surface area contributed by atoms with Crippen molar-refractivity contribution in [3.63, 3.8) is 0 Å². The van der Waals surface area contributed by atoms with Crippen LogP contribution in [0, 0.1) is 0 Å². The third-order valence-electron chi connectivity index (χ3n) is 4.49. The molecule has 0 saturated heterocycles. The van der Waals surface area contributed by atoms with Gasteiger partial charge in [-0.15, -0.1) is 24.0 Å². The number of aromatic nitrogens is 2. The molecule has 0 saturated carbocycles. The van der Waals surface area contributed by atoms with Gasteiger partial charge in [0.25, 0.3) is 5.91 Å². The van der Waals surface area contributed by atoms with E-state index in [0.29, 0.717) is 47.8 Å². The third-order valence-corrected chi connectivity index (χ3v) is 4.74. The average molecular weight is 569 g/mol. The van der Waals surface area contributed by atoms with Crippen molar-refractivity contribution in [3.05, 3.63) is 70.6 Å². The first-order valence-corrected chi connectivity index (χ1v) is 10.2. The number of halogens is 2. The lowest BCUT2D eigenvalue weighted by atomic mass is 10.1. The molecule has 0 fully saturated rings. The lowest BCUT2D eigenvalue weighted by Crippen LogP contribution is -2.37. The van der Waals surface area contributed by atoms with Gasteiger partial charge in [-0.2, -0.15) is 4.98 Å². The van der Waals surface area contributed by atoms with Crippen LogP contribution in [0.3, 0.4) is 0 Å².